The molecule has 0 spiro atoms. The molecule has 1 heterocycles. The van der Waals surface area contributed by atoms with Crippen molar-refractivity contribution in [3.63, 3.8) is 0 Å². The second kappa shape index (κ2) is 7.80. The molecule has 1 aromatic heterocycles. The van der Waals surface area contributed by atoms with Crippen LogP contribution >= 0.6 is 11.9 Å². The number of aryl methyl sites for hydroxylation is 1. The van der Waals surface area contributed by atoms with Crippen LogP contribution in [0.1, 0.15) is 22.6 Å². The quantitative estimate of drug-likeness (QED) is 0.733. The Bertz CT molecular complexity index is 720. The third kappa shape index (κ3) is 3.77. The van der Waals surface area contributed by atoms with Crippen molar-refractivity contribution in [3.8, 4) is 0 Å². The molecule has 1 aromatic carbocycles. The van der Waals surface area contributed by atoms with E-state index in [2.05, 4.69) is 18.1 Å². The number of hydrogen-bond donors (Lipinski definition) is 0. The summed E-state index contributed by atoms with van der Waals surface area (Å²) in [7, 11) is 0. The van der Waals surface area contributed by atoms with Crippen molar-refractivity contribution < 1.29 is 0 Å². The van der Waals surface area contributed by atoms with E-state index >= 15 is 0 Å². The lowest BCUT2D eigenvalue weighted by Gasteiger charge is -2.14. The molecular formula is C18H20N2OS. The summed E-state index contributed by atoms with van der Waals surface area (Å²) in [6.45, 7) is 9.33. The monoisotopic (exact) mass is 312 g/mol. The molecule has 0 atom stereocenters. The molecule has 0 saturated heterocycles. The van der Waals surface area contributed by atoms with E-state index in [0.717, 1.165) is 17.1 Å². The van der Waals surface area contributed by atoms with Crippen molar-refractivity contribution in [2.24, 2.45) is 0 Å². The van der Waals surface area contributed by atoms with Crippen LogP contribution in [0.5, 0.6) is 0 Å². The van der Waals surface area contributed by atoms with Crippen LogP contribution in [0.4, 0.5) is 0 Å². The second-order valence-electron chi connectivity index (χ2n) is 4.93. The summed E-state index contributed by atoms with van der Waals surface area (Å²) in [5.74, 6) is 1.44. The third-order valence-corrected chi connectivity index (χ3v) is 4.31. The molecule has 0 aliphatic rings. The van der Waals surface area contributed by atoms with Gasteiger partial charge in [-0.15, -0.1) is 13.2 Å². The topological polar surface area (TPSA) is 34.9 Å². The zero-order valence-corrected chi connectivity index (χ0v) is 13.6. The molecule has 0 bridgehead atoms. The molecular weight excluding hydrogens is 292 g/mol. The van der Waals surface area contributed by atoms with Crippen molar-refractivity contribution in [2.45, 2.75) is 19.8 Å². The van der Waals surface area contributed by atoms with Crippen LogP contribution in [-0.2, 0) is 12.8 Å². The summed E-state index contributed by atoms with van der Waals surface area (Å²) in [5, 5.41) is 0. The van der Waals surface area contributed by atoms with Gasteiger partial charge in [0, 0.05) is 23.4 Å². The molecule has 22 heavy (non-hydrogen) atoms. The van der Waals surface area contributed by atoms with E-state index in [1.165, 1.54) is 11.9 Å². The lowest BCUT2D eigenvalue weighted by molar-refractivity contribution is 0.858. The lowest BCUT2D eigenvalue weighted by Crippen LogP contribution is -2.26. The molecule has 114 valence electrons. The Morgan fingerprint density at radius 2 is 1.95 bits per heavy atom. The summed E-state index contributed by atoms with van der Waals surface area (Å²) < 4.78 is 1.69. The predicted molar refractivity (Wildman–Crippen MR) is 94.4 cm³/mol. The number of allylic oxidation sites excluding steroid dienone is 1. The van der Waals surface area contributed by atoms with Crippen molar-refractivity contribution in [1.82, 2.24) is 8.96 Å². The number of benzene rings is 1. The van der Waals surface area contributed by atoms with Crippen LogP contribution < -0.4 is 5.56 Å². The van der Waals surface area contributed by atoms with Crippen LogP contribution in [0.3, 0.4) is 0 Å². The molecule has 0 aliphatic heterocycles. The first kappa shape index (κ1) is 16.3. The third-order valence-electron chi connectivity index (χ3n) is 3.29. The summed E-state index contributed by atoms with van der Waals surface area (Å²) in [6.07, 6.45) is 4.70. The highest BCUT2D eigenvalue weighted by Gasteiger charge is 2.14. The van der Waals surface area contributed by atoms with Crippen LogP contribution in [0.25, 0.3) is 0 Å². The average Bonchev–Trinajstić information content (AvgIpc) is 2.52. The largest absolute Gasteiger partial charge is 0.268 e. The van der Waals surface area contributed by atoms with E-state index in [0.29, 0.717) is 24.2 Å². The SMILES string of the molecule is C=CCSn1c(Cc2ccccc2)nc(C)c(CC=C)c1=O. The van der Waals surface area contributed by atoms with Gasteiger partial charge in [0.15, 0.2) is 0 Å². The minimum absolute atomic E-state index is 0.00480. The molecule has 4 heteroatoms. The highest BCUT2D eigenvalue weighted by Crippen LogP contribution is 2.14. The zero-order chi connectivity index (χ0) is 15.9. The van der Waals surface area contributed by atoms with Crippen molar-refractivity contribution in [1.29, 1.82) is 0 Å². The van der Waals surface area contributed by atoms with Gasteiger partial charge in [-0.05, 0) is 30.9 Å². The minimum Gasteiger partial charge on any atom is -0.268 e. The van der Waals surface area contributed by atoms with Gasteiger partial charge in [-0.3, -0.25) is 4.79 Å². The summed E-state index contributed by atoms with van der Waals surface area (Å²) in [4.78, 5) is 17.4. The molecule has 3 nitrogen and oxygen atoms in total. The number of hydrogen-bond acceptors (Lipinski definition) is 3. The maximum Gasteiger partial charge on any atom is 0.267 e. The predicted octanol–water partition coefficient (Wildman–Crippen LogP) is 3.55. The Kier molecular flexibility index (Phi) is 5.78. The molecule has 0 saturated carbocycles. The van der Waals surface area contributed by atoms with E-state index in [9.17, 15) is 4.79 Å². The zero-order valence-electron chi connectivity index (χ0n) is 12.8. The first-order valence-electron chi connectivity index (χ1n) is 7.17. The van der Waals surface area contributed by atoms with Crippen LogP contribution in [-0.4, -0.2) is 14.7 Å². The molecule has 0 radical (unpaired) electrons. The maximum atomic E-state index is 12.7. The smallest absolute Gasteiger partial charge is 0.267 e. The Morgan fingerprint density at radius 1 is 1.23 bits per heavy atom. The first-order valence-corrected chi connectivity index (χ1v) is 8.12. The summed E-state index contributed by atoms with van der Waals surface area (Å²) >= 11 is 1.43. The van der Waals surface area contributed by atoms with Crippen molar-refractivity contribution in [3.05, 3.63) is 88.6 Å². The maximum absolute atomic E-state index is 12.7. The summed E-state index contributed by atoms with van der Waals surface area (Å²) in [6, 6.07) is 10.1. The van der Waals surface area contributed by atoms with E-state index in [1.54, 1.807) is 16.1 Å². The lowest BCUT2D eigenvalue weighted by atomic mass is 10.1. The fourth-order valence-corrected chi connectivity index (χ4v) is 2.97. The molecule has 0 amide bonds. The Labute approximate surface area is 135 Å². The number of nitrogens with zero attached hydrogens (tertiary/aromatic N) is 2. The van der Waals surface area contributed by atoms with Crippen molar-refractivity contribution in [2.75, 3.05) is 5.75 Å². The Morgan fingerprint density at radius 3 is 2.59 bits per heavy atom. The van der Waals surface area contributed by atoms with Crippen LogP contribution in [0, 0.1) is 6.92 Å². The molecule has 0 N–H and O–H groups in total. The van der Waals surface area contributed by atoms with E-state index < -0.39 is 0 Å². The van der Waals surface area contributed by atoms with Gasteiger partial charge in [0.05, 0.1) is 0 Å². The van der Waals surface area contributed by atoms with E-state index in [1.807, 2.05) is 37.3 Å². The van der Waals surface area contributed by atoms with E-state index in [4.69, 9.17) is 0 Å². The average molecular weight is 312 g/mol. The van der Waals surface area contributed by atoms with Crippen LogP contribution in [0.15, 0.2) is 60.4 Å². The van der Waals surface area contributed by atoms with Gasteiger partial charge >= 0.3 is 0 Å². The molecule has 0 aliphatic carbocycles. The van der Waals surface area contributed by atoms with Gasteiger partial charge in [0.1, 0.15) is 5.82 Å². The number of aromatic nitrogens is 2. The molecule has 2 rings (SSSR count). The van der Waals surface area contributed by atoms with Crippen molar-refractivity contribution >= 4 is 11.9 Å². The highest BCUT2D eigenvalue weighted by molar-refractivity contribution is 7.97. The van der Waals surface area contributed by atoms with Gasteiger partial charge in [0.2, 0.25) is 0 Å². The van der Waals surface area contributed by atoms with Gasteiger partial charge in [-0.1, -0.05) is 42.5 Å². The Hall–Kier alpha value is -2.07. The fraction of sp³-hybridized carbons (Fsp3) is 0.222. The summed E-state index contributed by atoms with van der Waals surface area (Å²) in [5.41, 5.74) is 2.64. The number of rotatable bonds is 7. The molecule has 2 aromatic rings. The fourth-order valence-electron chi connectivity index (χ4n) is 2.23. The molecule has 0 unspecified atom stereocenters. The normalized spacial score (nSPS) is 10.4. The minimum atomic E-state index is 0.00480. The van der Waals surface area contributed by atoms with Gasteiger partial charge in [-0.25, -0.2) is 8.96 Å². The highest BCUT2D eigenvalue weighted by atomic mass is 32.2. The van der Waals surface area contributed by atoms with Crippen LogP contribution in [0.2, 0.25) is 0 Å². The van der Waals surface area contributed by atoms with E-state index in [-0.39, 0.29) is 5.56 Å². The van der Waals surface area contributed by atoms with Gasteiger partial charge in [-0.2, -0.15) is 0 Å². The standard InChI is InChI=1S/C18H20N2OS/c1-4-9-16-14(3)19-17(13-15-10-7-6-8-11-15)20(18(16)21)22-12-5-2/h4-8,10-11H,1-2,9,12-13H2,3H3. The molecule has 0 fully saturated rings. The Balaban J connectivity index is 2.49. The van der Waals surface area contributed by atoms with Gasteiger partial charge in [0.25, 0.3) is 5.56 Å². The first-order chi connectivity index (χ1) is 10.7. The second-order valence-corrected chi connectivity index (χ2v) is 5.89. The van der Waals surface area contributed by atoms with Gasteiger partial charge < -0.3 is 0 Å².